The highest BCUT2D eigenvalue weighted by molar-refractivity contribution is 7.88. The van der Waals surface area contributed by atoms with Crippen molar-refractivity contribution in [1.29, 1.82) is 0 Å². The fraction of sp³-hybridized carbons (Fsp3) is 0.846. The minimum atomic E-state index is -3.31. The number of carbonyl (C=O) groups excluding carboxylic acids is 1. The second-order valence-electron chi connectivity index (χ2n) is 5.84. The van der Waals surface area contributed by atoms with E-state index in [4.69, 9.17) is 0 Å². The summed E-state index contributed by atoms with van der Waals surface area (Å²) in [5.74, 6) is -1.61. The lowest BCUT2D eigenvalue weighted by Crippen LogP contribution is -2.53. The van der Waals surface area contributed by atoms with E-state index in [-0.39, 0.29) is 12.5 Å². The number of rotatable bonds is 3. The molecule has 0 saturated carbocycles. The molecule has 21 heavy (non-hydrogen) atoms. The van der Waals surface area contributed by atoms with Gasteiger partial charge in [-0.3, -0.25) is 4.79 Å². The molecule has 0 aromatic rings. The first-order chi connectivity index (χ1) is 9.80. The number of carboxylic acids is 1. The van der Waals surface area contributed by atoms with Crippen LogP contribution in [0.5, 0.6) is 0 Å². The molecule has 0 spiro atoms. The van der Waals surface area contributed by atoms with Crippen molar-refractivity contribution in [2.45, 2.75) is 38.1 Å². The molecule has 2 unspecified atom stereocenters. The smallest absolute Gasteiger partial charge is 0.326 e. The van der Waals surface area contributed by atoms with Gasteiger partial charge in [0, 0.05) is 19.6 Å². The van der Waals surface area contributed by atoms with Crippen LogP contribution in [0.25, 0.3) is 0 Å². The number of carbonyl (C=O) groups is 2. The van der Waals surface area contributed by atoms with Crippen LogP contribution in [0.15, 0.2) is 0 Å². The average Bonchev–Trinajstić information content (AvgIpc) is 2.45. The van der Waals surface area contributed by atoms with E-state index in [1.54, 1.807) is 0 Å². The molecule has 0 aromatic carbocycles. The standard InChI is InChI=1S/C13H22N2O5S/c1-21(19,20)14-7-4-5-10(9-14)12(16)15-8-3-2-6-11(15)13(17)18/h10-11H,2-9H2,1H3,(H,17,18). The van der Waals surface area contributed by atoms with E-state index in [1.165, 1.54) is 9.21 Å². The number of aliphatic carboxylic acids is 1. The Hall–Kier alpha value is -1.15. The maximum atomic E-state index is 12.6. The van der Waals surface area contributed by atoms with Gasteiger partial charge in [0.25, 0.3) is 0 Å². The summed E-state index contributed by atoms with van der Waals surface area (Å²) in [5.41, 5.74) is 0. The van der Waals surface area contributed by atoms with E-state index in [2.05, 4.69) is 0 Å². The quantitative estimate of drug-likeness (QED) is 0.798. The van der Waals surface area contributed by atoms with Crippen molar-refractivity contribution in [1.82, 2.24) is 9.21 Å². The molecular formula is C13H22N2O5S. The first-order valence-corrected chi connectivity index (χ1v) is 9.14. The van der Waals surface area contributed by atoms with Crippen LogP contribution < -0.4 is 0 Å². The second kappa shape index (κ2) is 6.31. The van der Waals surface area contributed by atoms with Crippen LogP contribution in [0.4, 0.5) is 0 Å². The zero-order valence-corrected chi connectivity index (χ0v) is 13.0. The van der Waals surface area contributed by atoms with Crippen molar-refractivity contribution < 1.29 is 23.1 Å². The number of sulfonamides is 1. The Morgan fingerprint density at radius 3 is 2.43 bits per heavy atom. The molecule has 120 valence electrons. The van der Waals surface area contributed by atoms with Crippen molar-refractivity contribution in [3.05, 3.63) is 0 Å². The minimum Gasteiger partial charge on any atom is -0.480 e. The lowest BCUT2D eigenvalue weighted by molar-refractivity contribution is -0.154. The van der Waals surface area contributed by atoms with E-state index < -0.39 is 28.0 Å². The van der Waals surface area contributed by atoms with Gasteiger partial charge in [0.15, 0.2) is 0 Å². The average molecular weight is 318 g/mol. The van der Waals surface area contributed by atoms with Gasteiger partial charge in [-0.05, 0) is 32.1 Å². The molecule has 2 rings (SSSR count). The van der Waals surface area contributed by atoms with Crippen LogP contribution in [0.1, 0.15) is 32.1 Å². The fourth-order valence-corrected chi connectivity index (χ4v) is 4.04. The number of piperidine rings is 2. The summed E-state index contributed by atoms with van der Waals surface area (Å²) in [6, 6.07) is -0.764. The molecule has 0 aliphatic carbocycles. The molecule has 2 fully saturated rings. The third kappa shape index (κ3) is 3.74. The lowest BCUT2D eigenvalue weighted by atomic mass is 9.94. The molecule has 2 heterocycles. The molecule has 7 nitrogen and oxygen atoms in total. The van der Waals surface area contributed by atoms with E-state index in [1.807, 2.05) is 0 Å². The monoisotopic (exact) mass is 318 g/mol. The van der Waals surface area contributed by atoms with E-state index in [0.29, 0.717) is 32.4 Å². The third-order valence-electron chi connectivity index (χ3n) is 4.27. The van der Waals surface area contributed by atoms with Crippen LogP contribution in [-0.4, -0.2) is 66.5 Å². The number of hydrogen-bond acceptors (Lipinski definition) is 4. The Balaban J connectivity index is 2.09. The van der Waals surface area contributed by atoms with Crippen molar-refractivity contribution in [3.8, 4) is 0 Å². The SMILES string of the molecule is CS(=O)(=O)N1CCCC(C(=O)N2CCCCC2C(=O)O)C1. The number of hydrogen-bond donors (Lipinski definition) is 1. The molecule has 0 aromatic heterocycles. The summed E-state index contributed by atoms with van der Waals surface area (Å²) in [4.78, 5) is 25.3. The molecule has 2 aliphatic rings. The van der Waals surface area contributed by atoms with Gasteiger partial charge in [0.1, 0.15) is 6.04 Å². The Morgan fingerprint density at radius 2 is 1.81 bits per heavy atom. The predicted molar refractivity (Wildman–Crippen MR) is 76.1 cm³/mol. The molecule has 0 radical (unpaired) electrons. The fourth-order valence-electron chi connectivity index (χ4n) is 3.13. The van der Waals surface area contributed by atoms with Crippen molar-refractivity contribution in [3.63, 3.8) is 0 Å². The van der Waals surface area contributed by atoms with Crippen LogP contribution in [0.3, 0.4) is 0 Å². The largest absolute Gasteiger partial charge is 0.480 e. The first kappa shape index (κ1) is 16.2. The zero-order chi connectivity index (χ0) is 15.6. The molecule has 0 bridgehead atoms. The maximum absolute atomic E-state index is 12.6. The highest BCUT2D eigenvalue weighted by Crippen LogP contribution is 2.25. The van der Waals surface area contributed by atoms with Crippen molar-refractivity contribution in [2.75, 3.05) is 25.9 Å². The number of carboxylic acid groups (broad SMARTS) is 1. The summed E-state index contributed by atoms with van der Waals surface area (Å²) in [6.45, 7) is 1.05. The second-order valence-corrected chi connectivity index (χ2v) is 7.82. The summed E-state index contributed by atoms with van der Waals surface area (Å²) in [6.07, 6.45) is 4.48. The highest BCUT2D eigenvalue weighted by atomic mass is 32.2. The van der Waals surface area contributed by atoms with Crippen LogP contribution in [-0.2, 0) is 19.6 Å². The van der Waals surface area contributed by atoms with Gasteiger partial charge in [-0.25, -0.2) is 17.5 Å². The van der Waals surface area contributed by atoms with Gasteiger partial charge >= 0.3 is 5.97 Å². The topological polar surface area (TPSA) is 95.0 Å². The van der Waals surface area contributed by atoms with Gasteiger partial charge < -0.3 is 10.0 Å². The number of likely N-dealkylation sites (tertiary alicyclic amines) is 1. The van der Waals surface area contributed by atoms with Crippen molar-refractivity contribution in [2.24, 2.45) is 5.92 Å². The first-order valence-electron chi connectivity index (χ1n) is 7.29. The summed E-state index contributed by atoms with van der Waals surface area (Å²) < 4.78 is 24.5. The lowest BCUT2D eigenvalue weighted by Gasteiger charge is -2.38. The Labute approximate surface area is 125 Å². The van der Waals surface area contributed by atoms with E-state index in [0.717, 1.165) is 19.1 Å². The van der Waals surface area contributed by atoms with Crippen LogP contribution in [0, 0.1) is 5.92 Å². The predicted octanol–water partition coefficient (Wildman–Crippen LogP) is 0.124. The summed E-state index contributed by atoms with van der Waals surface area (Å²) in [7, 11) is -3.31. The Bertz CT molecular complexity index is 519. The molecule has 2 saturated heterocycles. The molecule has 2 aliphatic heterocycles. The van der Waals surface area contributed by atoms with Crippen LogP contribution in [0.2, 0.25) is 0 Å². The van der Waals surface area contributed by atoms with Gasteiger partial charge in [-0.15, -0.1) is 0 Å². The summed E-state index contributed by atoms with van der Waals surface area (Å²) >= 11 is 0. The van der Waals surface area contributed by atoms with Gasteiger partial charge in [-0.1, -0.05) is 0 Å². The number of nitrogens with zero attached hydrogens (tertiary/aromatic N) is 2. The number of amides is 1. The molecule has 2 atom stereocenters. The maximum Gasteiger partial charge on any atom is 0.326 e. The normalized spacial score (nSPS) is 28.3. The molecule has 1 N–H and O–H groups in total. The minimum absolute atomic E-state index is 0.167. The Morgan fingerprint density at radius 1 is 1.10 bits per heavy atom. The molecular weight excluding hydrogens is 296 g/mol. The molecule has 1 amide bonds. The highest BCUT2D eigenvalue weighted by Gasteiger charge is 2.38. The Kier molecular flexibility index (Phi) is 4.88. The molecule has 8 heteroatoms. The summed E-state index contributed by atoms with van der Waals surface area (Å²) in [5, 5.41) is 9.24. The van der Waals surface area contributed by atoms with Crippen molar-refractivity contribution >= 4 is 21.9 Å². The third-order valence-corrected chi connectivity index (χ3v) is 5.54. The van der Waals surface area contributed by atoms with Gasteiger partial charge in [-0.2, -0.15) is 0 Å². The van der Waals surface area contributed by atoms with E-state index in [9.17, 15) is 23.1 Å². The zero-order valence-electron chi connectivity index (χ0n) is 12.2. The van der Waals surface area contributed by atoms with Gasteiger partial charge in [0.05, 0.1) is 12.2 Å². The van der Waals surface area contributed by atoms with Crippen LogP contribution >= 0.6 is 0 Å². The van der Waals surface area contributed by atoms with E-state index >= 15 is 0 Å². The van der Waals surface area contributed by atoms with Gasteiger partial charge in [0.2, 0.25) is 15.9 Å².